The van der Waals surface area contributed by atoms with Crippen LogP contribution in [0.25, 0.3) is 11.4 Å². The number of nitrogens with zero attached hydrogens (tertiary/aromatic N) is 1. The summed E-state index contributed by atoms with van der Waals surface area (Å²) >= 11 is 0. The van der Waals surface area contributed by atoms with E-state index in [9.17, 15) is 0 Å². The van der Waals surface area contributed by atoms with Gasteiger partial charge in [-0.05, 0) is 32.9 Å². The molecule has 2 aromatic rings. The summed E-state index contributed by atoms with van der Waals surface area (Å²) in [5, 5.41) is 3.39. The molecule has 2 heterocycles. The third kappa shape index (κ3) is 2.31. The molecule has 94 valence electrons. The van der Waals surface area contributed by atoms with Gasteiger partial charge in [0, 0.05) is 23.4 Å². The number of hydrogen-bond acceptors (Lipinski definition) is 2. The van der Waals surface area contributed by atoms with Crippen LogP contribution in [0.3, 0.4) is 0 Å². The standard InChI is InChI=1S/C15H19N3/c1-11-2-4-13(5-3-11)15-17-10-14(18-15)12-6-8-16-9-7-12/h2-5,10,12,16H,6-9H2,1H3,(H,17,18). The molecule has 0 radical (unpaired) electrons. The van der Waals surface area contributed by atoms with Gasteiger partial charge in [-0.15, -0.1) is 0 Å². The summed E-state index contributed by atoms with van der Waals surface area (Å²) in [6, 6.07) is 8.50. The van der Waals surface area contributed by atoms with Crippen molar-refractivity contribution in [3.8, 4) is 11.4 Å². The van der Waals surface area contributed by atoms with Crippen LogP contribution in [0.5, 0.6) is 0 Å². The minimum absolute atomic E-state index is 0.637. The Morgan fingerprint density at radius 2 is 1.83 bits per heavy atom. The predicted molar refractivity (Wildman–Crippen MR) is 73.6 cm³/mol. The molecule has 0 atom stereocenters. The van der Waals surface area contributed by atoms with Crippen LogP contribution in [0.15, 0.2) is 30.5 Å². The Hall–Kier alpha value is -1.61. The topological polar surface area (TPSA) is 40.7 Å². The average molecular weight is 241 g/mol. The fraction of sp³-hybridized carbons (Fsp3) is 0.400. The van der Waals surface area contributed by atoms with E-state index in [1.54, 1.807) is 0 Å². The number of H-pyrrole nitrogens is 1. The molecular formula is C15H19N3. The van der Waals surface area contributed by atoms with E-state index in [-0.39, 0.29) is 0 Å². The first kappa shape index (κ1) is 11.5. The van der Waals surface area contributed by atoms with Gasteiger partial charge in [0.15, 0.2) is 0 Å². The molecule has 1 aromatic heterocycles. The minimum Gasteiger partial charge on any atom is -0.342 e. The normalized spacial score (nSPS) is 16.9. The van der Waals surface area contributed by atoms with Crippen LogP contribution in [0.4, 0.5) is 0 Å². The van der Waals surface area contributed by atoms with Gasteiger partial charge in [-0.3, -0.25) is 0 Å². The van der Waals surface area contributed by atoms with Crippen molar-refractivity contribution >= 4 is 0 Å². The Kier molecular flexibility index (Phi) is 3.15. The molecule has 0 spiro atoms. The van der Waals surface area contributed by atoms with Gasteiger partial charge in [0.1, 0.15) is 5.82 Å². The summed E-state index contributed by atoms with van der Waals surface area (Å²) in [7, 11) is 0. The maximum Gasteiger partial charge on any atom is 0.137 e. The van der Waals surface area contributed by atoms with Crippen molar-refractivity contribution in [2.45, 2.75) is 25.7 Å². The number of aryl methyl sites for hydroxylation is 1. The second-order valence-electron chi connectivity index (χ2n) is 5.08. The lowest BCUT2D eigenvalue weighted by molar-refractivity contribution is 0.454. The van der Waals surface area contributed by atoms with E-state index >= 15 is 0 Å². The smallest absolute Gasteiger partial charge is 0.137 e. The number of piperidine rings is 1. The number of aromatic nitrogens is 2. The van der Waals surface area contributed by atoms with E-state index in [1.807, 2.05) is 6.20 Å². The van der Waals surface area contributed by atoms with Crippen LogP contribution in [0.2, 0.25) is 0 Å². The van der Waals surface area contributed by atoms with E-state index in [0.717, 1.165) is 18.9 Å². The maximum atomic E-state index is 4.52. The Morgan fingerprint density at radius 1 is 1.11 bits per heavy atom. The van der Waals surface area contributed by atoms with Crippen LogP contribution in [0.1, 0.15) is 30.0 Å². The Morgan fingerprint density at radius 3 is 2.56 bits per heavy atom. The van der Waals surface area contributed by atoms with Crippen molar-refractivity contribution < 1.29 is 0 Å². The number of benzene rings is 1. The zero-order valence-electron chi connectivity index (χ0n) is 10.7. The molecule has 1 aromatic carbocycles. The first-order chi connectivity index (χ1) is 8.83. The lowest BCUT2D eigenvalue weighted by atomic mass is 9.95. The van der Waals surface area contributed by atoms with E-state index in [2.05, 4.69) is 46.5 Å². The molecular weight excluding hydrogens is 222 g/mol. The fourth-order valence-corrected chi connectivity index (χ4v) is 2.53. The summed E-state index contributed by atoms with van der Waals surface area (Å²) in [4.78, 5) is 8.00. The van der Waals surface area contributed by atoms with Gasteiger partial charge in [-0.2, -0.15) is 0 Å². The molecule has 18 heavy (non-hydrogen) atoms. The molecule has 3 rings (SSSR count). The molecule has 0 aliphatic carbocycles. The first-order valence-electron chi connectivity index (χ1n) is 6.65. The quantitative estimate of drug-likeness (QED) is 0.848. The third-order valence-corrected chi connectivity index (χ3v) is 3.70. The first-order valence-corrected chi connectivity index (χ1v) is 6.65. The summed E-state index contributed by atoms with van der Waals surface area (Å²) < 4.78 is 0. The number of aromatic amines is 1. The predicted octanol–water partition coefficient (Wildman–Crippen LogP) is 2.85. The lowest BCUT2D eigenvalue weighted by Crippen LogP contribution is -2.26. The van der Waals surface area contributed by atoms with Crippen LogP contribution >= 0.6 is 0 Å². The number of hydrogen-bond donors (Lipinski definition) is 2. The van der Waals surface area contributed by atoms with Gasteiger partial charge < -0.3 is 10.3 Å². The molecule has 1 saturated heterocycles. The van der Waals surface area contributed by atoms with Gasteiger partial charge in [-0.1, -0.05) is 29.8 Å². The SMILES string of the molecule is Cc1ccc(-c2ncc(C3CCNCC3)[nH]2)cc1. The molecule has 0 amide bonds. The second-order valence-corrected chi connectivity index (χ2v) is 5.08. The van der Waals surface area contributed by atoms with Crippen molar-refractivity contribution in [2.24, 2.45) is 0 Å². The Balaban J connectivity index is 1.82. The van der Waals surface area contributed by atoms with Gasteiger partial charge >= 0.3 is 0 Å². The highest BCUT2D eigenvalue weighted by Crippen LogP contribution is 2.25. The molecule has 1 fully saturated rings. The highest BCUT2D eigenvalue weighted by atomic mass is 14.9. The zero-order valence-corrected chi connectivity index (χ0v) is 10.7. The van der Waals surface area contributed by atoms with Crippen molar-refractivity contribution in [2.75, 3.05) is 13.1 Å². The van der Waals surface area contributed by atoms with Crippen LogP contribution in [-0.4, -0.2) is 23.1 Å². The number of rotatable bonds is 2. The molecule has 0 bridgehead atoms. The van der Waals surface area contributed by atoms with E-state index in [4.69, 9.17) is 0 Å². The molecule has 2 N–H and O–H groups in total. The highest BCUT2D eigenvalue weighted by molar-refractivity contribution is 5.55. The molecule has 3 heteroatoms. The highest BCUT2D eigenvalue weighted by Gasteiger charge is 2.17. The average Bonchev–Trinajstić information content (AvgIpc) is 2.90. The fourth-order valence-electron chi connectivity index (χ4n) is 2.53. The van der Waals surface area contributed by atoms with E-state index < -0.39 is 0 Å². The summed E-state index contributed by atoms with van der Waals surface area (Å²) in [6.07, 6.45) is 4.41. The summed E-state index contributed by atoms with van der Waals surface area (Å²) in [5.74, 6) is 1.63. The van der Waals surface area contributed by atoms with Crippen molar-refractivity contribution in [1.82, 2.24) is 15.3 Å². The van der Waals surface area contributed by atoms with Crippen LogP contribution in [0, 0.1) is 6.92 Å². The summed E-state index contributed by atoms with van der Waals surface area (Å²) in [5.41, 5.74) is 3.73. The zero-order chi connectivity index (χ0) is 12.4. The van der Waals surface area contributed by atoms with Gasteiger partial charge in [0.05, 0.1) is 0 Å². The Labute approximate surface area is 108 Å². The molecule has 0 saturated carbocycles. The number of imidazole rings is 1. The Bertz CT molecular complexity index is 507. The lowest BCUT2D eigenvalue weighted by Gasteiger charge is -2.21. The maximum absolute atomic E-state index is 4.52. The van der Waals surface area contributed by atoms with Crippen LogP contribution < -0.4 is 5.32 Å². The monoisotopic (exact) mass is 241 g/mol. The van der Waals surface area contributed by atoms with Gasteiger partial charge in [0.2, 0.25) is 0 Å². The largest absolute Gasteiger partial charge is 0.342 e. The molecule has 0 unspecified atom stereocenters. The number of nitrogens with one attached hydrogen (secondary N) is 2. The molecule has 1 aliphatic rings. The van der Waals surface area contributed by atoms with Crippen molar-refractivity contribution in [3.63, 3.8) is 0 Å². The second kappa shape index (κ2) is 4.94. The molecule has 3 nitrogen and oxygen atoms in total. The van der Waals surface area contributed by atoms with Gasteiger partial charge in [-0.25, -0.2) is 4.98 Å². The van der Waals surface area contributed by atoms with E-state index in [0.29, 0.717) is 5.92 Å². The minimum atomic E-state index is 0.637. The van der Waals surface area contributed by atoms with Crippen LogP contribution in [-0.2, 0) is 0 Å². The van der Waals surface area contributed by atoms with Crippen molar-refractivity contribution in [1.29, 1.82) is 0 Å². The van der Waals surface area contributed by atoms with Crippen molar-refractivity contribution in [3.05, 3.63) is 41.7 Å². The molecule has 1 aliphatic heterocycles. The van der Waals surface area contributed by atoms with E-state index in [1.165, 1.54) is 29.7 Å². The van der Waals surface area contributed by atoms with Gasteiger partial charge in [0.25, 0.3) is 0 Å². The summed E-state index contributed by atoms with van der Waals surface area (Å²) in [6.45, 7) is 4.33. The third-order valence-electron chi connectivity index (χ3n) is 3.70.